The average Bonchev–Trinajstić information content (AvgIpc) is 2.38. The van der Waals surface area contributed by atoms with Crippen LogP contribution in [0.3, 0.4) is 0 Å². The summed E-state index contributed by atoms with van der Waals surface area (Å²) in [5.74, 6) is -2.88. The third-order valence-corrected chi connectivity index (χ3v) is 3.89. The molecule has 1 aromatic carbocycles. The van der Waals surface area contributed by atoms with Crippen molar-refractivity contribution in [2.24, 2.45) is 0 Å². The number of halogens is 2. The van der Waals surface area contributed by atoms with Crippen LogP contribution >= 0.6 is 0 Å². The van der Waals surface area contributed by atoms with E-state index in [0.717, 1.165) is 12.1 Å². The lowest BCUT2D eigenvalue weighted by molar-refractivity contribution is 0.0955. The Balaban J connectivity index is 2.74. The predicted octanol–water partition coefficient (Wildman–Crippen LogP) is 0.285. The number of carbonyl (C=O) groups is 1. The molecule has 20 heavy (non-hydrogen) atoms. The van der Waals surface area contributed by atoms with Gasteiger partial charge in [0, 0.05) is 19.2 Å². The average molecular weight is 307 g/mol. The molecule has 112 valence electrons. The van der Waals surface area contributed by atoms with Crippen LogP contribution in [0.4, 0.5) is 14.5 Å². The lowest BCUT2D eigenvalue weighted by Crippen LogP contribution is -2.33. The Bertz CT molecular complexity index is 582. The second-order valence-corrected chi connectivity index (χ2v) is 5.89. The molecule has 0 fully saturated rings. The van der Waals surface area contributed by atoms with Gasteiger partial charge in [0.15, 0.2) is 0 Å². The summed E-state index contributed by atoms with van der Waals surface area (Å²) in [7, 11) is -0.848. The molecule has 0 atom stereocenters. The molecule has 0 aromatic heterocycles. The van der Waals surface area contributed by atoms with E-state index in [1.54, 1.807) is 0 Å². The Morgan fingerprint density at radius 1 is 1.20 bits per heavy atom. The number of amides is 1. The number of benzene rings is 1. The van der Waals surface area contributed by atoms with Crippen LogP contribution in [0.15, 0.2) is 12.1 Å². The van der Waals surface area contributed by atoms with E-state index in [1.807, 2.05) is 0 Å². The Kier molecular flexibility index (Phi) is 5.40. The summed E-state index contributed by atoms with van der Waals surface area (Å²) < 4.78 is 51.2. The van der Waals surface area contributed by atoms with Crippen molar-refractivity contribution in [3.8, 4) is 0 Å². The van der Waals surface area contributed by atoms with Crippen LogP contribution < -0.4 is 15.4 Å². The number of anilines is 1. The Hall–Kier alpha value is -1.74. The van der Waals surface area contributed by atoms with E-state index < -0.39 is 27.6 Å². The molecule has 0 aliphatic carbocycles. The quantitative estimate of drug-likeness (QED) is 0.705. The van der Waals surface area contributed by atoms with Crippen molar-refractivity contribution in [2.75, 3.05) is 31.7 Å². The maximum absolute atomic E-state index is 13.4. The van der Waals surface area contributed by atoms with Crippen LogP contribution in [0.2, 0.25) is 0 Å². The van der Waals surface area contributed by atoms with Crippen LogP contribution in [0.5, 0.6) is 0 Å². The molecule has 0 aliphatic rings. The maximum atomic E-state index is 13.4. The van der Waals surface area contributed by atoms with Gasteiger partial charge in [-0.3, -0.25) is 4.79 Å². The van der Waals surface area contributed by atoms with Gasteiger partial charge >= 0.3 is 0 Å². The topological polar surface area (TPSA) is 87.3 Å². The molecular formula is C11H15F2N3O3S. The standard InChI is InChI=1S/C11H15F2N3O3S/c1-14-10-8(12)5-7(6-9(10)13)11(17)16-3-4-20(18,19)15-2/h5-6,14-15H,3-4H2,1-2H3,(H,16,17). The second-order valence-electron chi connectivity index (χ2n) is 3.84. The highest BCUT2D eigenvalue weighted by Crippen LogP contribution is 2.20. The normalized spacial score (nSPS) is 11.2. The minimum atomic E-state index is -3.45. The van der Waals surface area contributed by atoms with E-state index in [2.05, 4.69) is 15.4 Å². The Labute approximate surface area is 115 Å². The van der Waals surface area contributed by atoms with Crippen LogP contribution in [-0.4, -0.2) is 40.7 Å². The Morgan fingerprint density at radius 2 is 1.75 bits per heavy atom. The first-order chi connectivity index (χ1) is 9.30. The zero-order chi connectivity index (χ0) is 15.3. The highest BCUT2D eigenvalue weighted by atomic mass is 32.2. The number of rotatable bonds is 6. The summed E-state index contributed by atoms with van der Waals surface area (Å²) in [6.45, 7) is -0.168. The largest absolute Gasteiger partial charge is 0.383 e. The van der Waals surface area contributed by atoms with E-state index in [1.165, 1.54) is 14.1 Å². The van der Waals surface area contributed by atoms with Crippen molar-refractivity contribution < 1.29 is 22.0 Å². The molecule has 1 amide bonds. The van der Waals surface area contributed by atoms with Crippen molar-refractivity contribution in [2.45, 2.75) is 0 Å². The molecule has 9 heteroatoms. The predicted molar refractivity (Wildman–Crippen MR) is 71.1 cm³/mol. The zero-order valence-electron chi connectivity index (χ0n) is 11.0. The van der Waals surface area contributed by atoms with Crippen LogP contribution in [0.1, 0.15) is 10.4 Å². The fraction of sp³-hybridized carbons (Fsp3) is 0.364. The fourth-order valence-corrected chi connectivity index (χ4v) is 2.02. The van der Waals surface area contributed by atoms with Gasteiger partial charge in [-0.1, -0.05) is 0 Å². The molecule has 0 unspecified atom stereocenters. The van der Waals surface area contributed by atoms with Crippen molar-refractivity contribution >= 4 is 21.6 Å². The molecule has 0 heterocycles. The molecule has 0 bridgehead atoms. The van der Waals surface area contributed by atoms with E-state index in [0.29, 0.717) is 0 Å². The molecule has 0 aliphatic heterocycles. The summed E-state index contributed by atoms with van der Waals surface area (Å²) in [6, 6.07) is 1.74. The molecular weight excluding hydrogens is 292 g/mol. The summed E-state index contributed by atoms with van der Waals surface area (Å²) in [4.78, 5) is 11.6. The van der Waals surface area contributed by atoms with Gasteiger partial charge in [0.25, 0.3) is 5.91 Å². The lowest BCUT2D eigenvalue weighted by atomic mass is 10.1. The number of carbonyl (C=O) groups excluding carboxylic acids is 1. The molecule has 0 saturated carbocycles. The minimum Gasteiger partial charge on any atom is -0.383 e. The third kappa shape index (κ3) is 4.14. The molecule has 6 nitrogen and oxygen atoms in total. The lowest BCUT2D eigenvalue weighted by Gasteiger charge is -2.08. The maximum Gasteiger partial charge on any atom is 0.251 e. The Morgan fingerprint density at radius 3 is 2.20 bits per heavy atom. The van der Waals surface area contributed by atoms with Gasteiger partial charge in [-0.15, -0.1) is 0 Å². The zero-order valence-corrected chi connectivity index (χ0v) is 11.8. The van der Waals surface area contributed by atoms with Crippen molar-refractivity contribution in [1.82, 2.24) is 10.0 Å². The smallest absolute Gasteiger partial charge is 0.251 e. The fourth-order valence-electron chi connectivity index (χ4n) is 1.45. The van der Waals surface area contributed by atoms with Crippen molar-refractivity contribution in [3.63, 3.8) is 0 Å². The van der Waals surface area contributed by atoms with Gasteiger partial charge in [0.05, 0.1) is 5.75 Å². The molecule has 0 saturated heterocycles. The molecule has 0 radical (unpaired) electrons. The minimum absolute atomic E-state index is 0.168. The summed E-state index contributed by atoms with van der Waals surface area (Å²) in [5, 5.41) is 4.60. The van der Waals surface area contributed by atoms with Crippen molar-refractivity contribution in [3.05, 3.63) is 29.3 Å². The molecule has 3 N–H and O–H groups in total. The molecule has 1 aromatic rings. The SMILES string of the molecule is CNc1c(F)cc(C(=O)NCCS(=O)(=O)NC)cc1F. The monoisotopic (exact) mass is 307 g/mol. The highest BCUT2D eigenvalue weighted by Gasteiger charge is 2.15. The molecule has 1 rings (SSSR count). The number of hydrogen-bond acceptors (Lipinski definition) is 4. The van der Waals surface area contributed by atoms with E-state index in [4.69, 9.17) is 0 Å². The van der Waals surface area contributed by atoms with Gasteiger partial charge in [-0.2, -0.15) is 0 Å². The summed E-state index contributed by atoms with van der Waals surface area (Å²) in [5.41, 5.74) is -0.555. The van der Waals surface area contributed by atoms with Gasteiger partial charge in [0.2, 0.25) is 10.0 Å². The van der Waals surface area contributed by atoms with E-state index in [9.17, 15) is 22.0 Å². The van der Waals surface area contributed by atoms with E-state index in [-0.39, 0.29) is 23.5 Å². The first-order valence-corrected chi connectivity index (χ1v) is 7.32. The number of sulfonamides is 1. The van der Waals surface area contributed by atoms with Crippen LogP contribution in [0, 0.1) is 11.6 Å². The number of hydrogen-bond donors (Lipinski definition) is 3. The molecule has 0 spiro atoms. The van der Waals surface area contributed by atoms with Gasteiger partial charge in [-0.05, 0) is 19.2 Å². The first-order valence-electron chi connectivity index (χ1n) is 5.67. The van der Waals surface area contributed by atoms with Crippen LogP contribution in [-0.2, 0) is 10.0 Å². The summed E-state index contributed by atoms with van der Waals surface area (Å²) in [6.07, 6.45) is 0. The first kappa shape index (κ1) is 16.3. The van der Waals surface area contributed by atoms with Crippen molar-refractivity contribution in [1.29, 1.82) is 0 Å². The van der Waals surface area contributed by atoms with Gasteiger partial charge in [0.1, 0.15) is 17.3 Å². The van der Waals surface area contributed by atoms with E-state index >= 15 is 0 Å². The third-order valence-electron chi connectivity index (χ3n) is 2.52. The summed E-state index contributed by atoms with van der Waals surface area (Å²) >= 11 is 0. The highest BCUT2D eigenvalue weighted by molar-refractivity contribution is 7.89. The van der Waals surface area contributed by atoms with Gasteiger partial charge in [-0.25, -0.2) is 21.9 Å². The van der Waals surface area contributed by atoms with Crippen LogP contribution in [0.25, 0.3) is 0 Å². The number of nitrogens with one attached hydrogen (secondary N) is 3. The second kappa shape index (κ2) is 6.62. The van der Waals surface area contributed by atoms with Gasteiger partial charge < -0.3 is 10.6 Å².